The van der Waals surface area contributed by atoms with Gasteiger partial charge in [0.25, 0.3) is 5.91 Å². The first kappa shape index (κ1) is 22.1. The van der Waals surface area contributed by atoms with Crippen molar-refractivity contribution in [1.29, 1.82) is 0 Å². The molecule has 166 valence electrons. The molecule has 0 unspecified atom stereocenters. The van der Waals surface area contributed by atoms with Gasteiger partial charge in [0.2, 0.25) is 0 Å². The van der Waals surface area contributed by atoms with Crippen LogP contribution in [0.15, 0.2) is 92.6 Å². The zero-order chi connectivity index (χ0) is 22.9. The average Bonchev–Trinajstić information content (AvgIpc) is 3.30. The topological polar surface area (TPSA) is 35.9 Å². The van der Waals surface area contributed by atoms with Crippen molar-refractivity contribution < 1.29 is 9.18 Å². The Morgan fingerprint density at radius 2 is 1.76 bits per heavy atom. The van der Waals surface area contributed by atoms with Crippen molar-refractivity contribution in [3.8, 4) is 0 Å². The van der Waals surface area contributed by atoms with Crippen molar-refractivity contribution in [2.24, 2.45) is 4.99 Å². The largest absolute Gasteiger partial charge is 0.337 e. The summed E-state index contributed by atoms with van der Waals surface area (Å²) in [4.78, 5) is 23.7. The quantitative estimate of drug-likeness (QED) is 0.377. The molecule has 0 saturated carbocycles. The molecule has 1 saturated heterocycles. The minimum Gasteiger partial charge on any atom is -0.337 e. The minimum atomic E-state index is -0.321. The van der Waals surface area contributed by atoms with Crippen molar-refractivity contribution in [3.63, 3.8) is 0 Å². The first-order valence-electron chi connectivity index (χ1n) is 10.3. The summed E-state index contributed by atoms with van der Waals surface area (Å²) >= 11 is 9.10. The van der Waals surface area contributed by atoms with Crippen LogP contribution in [0.2, 0.25) is 5.02 Å². The van der Waals surface area contributed by atoms with Crippen LogP contribution in [0.3, 0.4) is 0 Å². The number of fused-ring (bicyclic) bond motifs is 1. The van der Waals surface area contributed by atoms with Gasteiger partial charge in [0.1, 0.15) is 10.7 Å². The molecule has 0 N–H and O–H groups in total. The second-order valence-corrected chi connectivity index (χ2v) is 10.0. The van der Waals surface area contributed by atoms with Crippen molar-refractivity contribution in [1.82, 2.24) is 4.90 Å². The number of aliphatic imine (C=N–C) groups is 1. The average molecular weight is 496 g/mol. The molecule has 0 bridgehead atoms. The number of carbonyl (C=O) groups excluding carboxylic acids is 1. The van der Waals surface area contributed by atoms with Gasteiger partial charge in [0.15, 0.2) is 5.17 Å². The molecule has 2 aliphatic rings. The third kappa shape index (κ3) is 4.53. The molecule has 4 nitrogen and oxygen atoms in total. The van der Waals surface area contributed by atoms with Gasteiger partial charge in [-0.05, 0) is 66.2 Å². The number of amides is 1. The number of benzene rings is 3. The number of carbonyl (C=O) groups is 1. The normalized spacial score (nSPS) is 19.0. The highest BCUT2D eigenvalue weighted by Crippen LogP contribution is 2.50. The zero-order valence-corrected chi connectivity index (χ0v) is 20.1. The van der Waals surface area contributed by atoms with E-state index in [-0.39, 0.29) is 11.7 Å². The van der Waals surface area contributed by atoms with Gasteiger partial charge >= 0.3 is 0 Å². The lowest BCUT2D eigenvalue weighted by Gasteiger charge is -2.17. The maximum atomic E-state index is 13.6. The highest BCUT2D eigenvalue weighted by atomic mass is 35.5. The minimum absolute atomic E-state index is 0.0787. The Balaban J connectivity index is 1.50. The summed E-state index contributed by atoms with van der Waals surface area (Å²) in [6, 6.07) is 21.7. The Morgan fingerprint density at radius 3 is 2.52 bits per heavy atom. The predicted molar refractivity (Wildman–Crippen MR) is 136 cm³/mol. The van der Waals surface area contributed by atoms with Gasteiger partial charge in [-0.3, -0.25) is 9.69 Å². The van der Waals surface area contributed by atoms with Gasteiger partial charge in [0.05, 0.1) is 16.4 Å². The third-order valence-corrected chi connectivity index (χ3v) is 8.04. The van der Waals surface area contributed by atoms with E-state index in [1.165, 1.54) is 23.9 Å². The highest BCUT2D eigenvalue weighted by Gasteiger charge is 2.39. The summed E-state index contributed by atoms with van der Waals surface area (Å²) in [5.41, 5.74) is 2.72. The standard InChI is InChI=1S/C25H19ClFN3OS2/c1-29-20-15-17(26)7-12-21(20)32-24(29)22-23(31)30(14-13-16-5-3-2-4-6-16)25(33-22)28-19-10-8-18(27)9-11-19/h2-12,15H,13-14H2,1H3/b24-22-,28-25?. The van der Waals surface area contributed by atoms with Crippen LogP contribution in [0.1, 0.15) is 5.56 Å². The van der Waals surface area contributed by atoms with E-state index in [1.54, 1.807) is 28.8 Å². The Morgan fingerprint density at radius 1 is 1.00 bits per heavy atom. The summed E-state index contributed by atoms with van der Waals surface area (Å²) in [6.07, 6.45) is 0.705. The Bertz CT molecular complexity index is 1280. The fourth-order valence-corrected chi connectivity index (χ4v) is 6.16. The van der Waals surface area contributed by atoms with Crippen molar-refractivity contribution in [3.05, 3.63) is 99.1 Å². The van der Waals surface area contributed by atoms with E-state index in [0.717, 1.165) is 21.2 Å². The van der Waals surface area contributed by atoms with Crippen LogP contribution in [0.5, 0.6) is 0 Å². The number of nitrogens with zero attached hydrogens (tertiary/aromatic N) is 3. The van der Waals surface area contributed by atoms with Gasteiger partial charge in [0, 0.05) is 23.5 Å². The van der Waals surface area contributed by atoms with E-state index in [0.29, 0.717) is 33.7 Å². The molecule has 3 aromatic rings. The van der Waals surface area contributed by atoms with Gasteiger partial charge in [-0.1, -0.05) is 53.7 Å². The first-order valence-corrected chi connectivity index (χ1v) is 12.3. The van der Waals surface area contributed by atoms with E-state index in [9.17, 15) is 9.18 Å². The Kier molecular flexibility index (Phi) is 6.19. The van der Waals surface area contributed by atoms with Crippen molar-refractivity contribution >= 4 is 57.6 Å². The molecule has 0 radical (unpaired) electrons. The summed E-state index contributed by atoms with van der Waals surface area (Å²) in [7, 11) is 1.94. The van der Waals surface area contributed by atoms with E-state index in [4.69, 9.17) is 11.6 Å². The molecule has 2 aliphatic heterocycles. The van der Waals surface area contributed by atoms with E-state index in [2.05, 4.69) is 4.99 Å². The number of amidine groups is 1. The molecule has 0 aromatic heterocycles. The van der Waals surface area contributed by atoms with Gasteiger partial charge < -0.3 is 4.90 Å². The number of rotatable bonds is 4. The maximum Gasteiger partial charge on any atom is 0.269 e. The molecule has 33 heavy (non-hydrogen) atoms. The molecular formula is C25H19ClFN3OS2. The molecule has 1 amide bonds. The van der Waals surface area contributed by atoms with Crippen molar-refractivity contribution in [2.45, 2.75) is 11.3 Å². The second-order valence-electron chi connectivity index (χ2n) is 7.57. The van der Waals surface area contributed by atoms with Crippen LogP contribution in [0.4, 0.5) is 15.8 Å². The third-order valence-electron chi connectivity index (χ3n) is 5.37. The van der Waals surface area contributed by atoms with Crippen LogP contribution >= 0.6 is 35.1 Å². The molecule has 8 heteroatoms. The zero-order valence-electron chi connectivity index (χ0n) is 17.7. The lowest BCUT2D eigenvalue weighted by atomic mass is 10.1. The highest BCUT2D eigenvalue weighted by molar-refractivity contribution is 8.19. The summed E-state index contributed by atoms with van der Waals surface area (Å²) < 4.78 is 13.4. The molecule has 1 fully saturated rings. The summed E-state index contributed by atoms with van der Waals surface area (Å²) in [5, 5.41) is 2.10. The van der Waals surface area contributed by atoms with Gasteiger partial charge in [-0.2, -0.15) is 0 Å². The first-order chi connectivity index (χ1) is 16.0. The summed E-state index contributed by atoms with van der Waals surface area (Å²) in [5.74, 6) is -0.400. The smallest absolute Gasteiger partial charge is 0.269 e. The molecule has 5 rings (SSSR count). The van der Waals surface area contributed by atoms with E-state index in [1.807, 2.05) is 60.5 Å². The molecule has 0 aliphatic carbocycles. The van der Waals surface area contributed by atoms with Crippen LogP contribution in [0, 0.1) is 5.82 Å². The molecule has 3 aromatic carbocycles. The SMILES string of the molecule is CN1/C(=C2/SC(=Nc3ccc(F)cc3)N(CCc3ccccc3)C2=O)Sc2ccc(Cl)cc21. The predicted octanol–water partition coefficient (Wildman–Crippen LogP) is 6.70. The Hall–Kier alpha value is -2.74. The van der Waals surface area contributed by atoms with Crippen LogP contribution in [-0.2, 0) is 11.2 Å². The fourth-order valence-electron chi connectivity index (χ4n) is 3.65. The number of hydrogen-bond acceptors (Lipinski definition) is 5. The number of thioether (sulfide) groups is 2. The number of halogens is 2. The summed E-state index contributed by atoms with van der Waals surface area (Å²) in [6.45, 7) is 0.500. The second kappa shape index (κ2) is 9.25. The molecule has 0 atom stereocenters. The van der Waals surface area contributed by atoms with Gasteiger partial charge in [-0.15, -0.1) is 0 Å². The van der Waals surface area contributed by atoms with E-state index >= 15 is 0 Å². The fraction of sp³-hybridized carbons (Fsp3) is 0.120. The van der Waals surface area contributed by atoms with Crippen LogP contribution < -0.4 is 4.90 Å². The number of hydrogen-bond donors (Lipinski definition) is 0. The van der Waals surface area contributed by atoms with E-state index < -0.39 is 0 Å². The molecule has 0 spiro atoms. The molecule has 2 heterocycles. The lowest BCUT2D eigenvalue weighted by molar-refractivity contribution is -0.122. The molecular weight excluding hydrogens is 477 g/mol. The monoisotopic (exact) mass is 495 g/mol. The van der Waals surface area contributed by atoms with Crippen molar-refractivity contribution in [2.75, 3.05) is 18.5 Å². The lowest BCUT2D eigenvalue weighted by Crippen LogP contribution is -2.31. The van der Waals surface area contributed by atoms with Gasteiger partial charge in [-0.25, -0.2) is 9.38 Å². The number of anilines is 1. The van der Waals surface area contributed by atoms with Crippen LogP contribution in [-0.4, -0.2) is 29.6 Å². The Labute approximate surface area is 205 Å². The van der Waals surface area contributed by atoms with Crippen LogP contribution in [0.25, 0.3) is 0 Å². The maximum absolute atomic E-state index is 13.6.